The summed E-state index contributed by atoms with van der Waals surface area (Å²) in [5.41, 5.74) is 0.650. The van der Waals surface area contributed by atoms with Crippen LogP contribution in [-0.2, 0) is 6.54 Å². The van der Waals surface area contributed by atoms with Crippen LogP contribution in [0.3, 0.4) is 0 Å². The van der Waals surface area contributed by atoms with E-state index in [1.165, 1.54) is 0 Å². The predicted molar refractivity (Wildman–Crippen MR) is 71.4 cm³/mol. The van der Waals surface area contributed by atoms with E-state index >= 15 is 0 Å². The Morgan fingerprint density at radius 3 is 2.71 bits per heavy atom. The first-order valence-electron chi connectivity index (χ1n) is 6.33. The van der Waals surface area contributed by atoms with Crippen LogP contribution in [0.1, 0.15) is 19.4 Å². The molecule has 2 aromatic rings. The van der Waals surface area contributed by atoms with Crippen molar-refractivity contribution in [3.63, 3.8) is 0 Å². The van der Waals surface area contributed by atoms with E-state index in [-0.39, 0.29) is 18.5 Å². The van der Waals surface area contributed by atoms with Gasteiger partial charge in [0.05, 0.1) is 6.10 Å². The van der Waals surface area contributed by atoms with Crippen molar-refractivity contribution < 1.29 is 17.9 Å². The molecule has 1 N–H and O–H groups in total. The summed E-state index contributed by atoms with van der Waals surface area (Å²) >= 11 is 0. The van der Waals surface area contributed by atoms with Gasteiger partial charge in [-0.3, -0.25) is 0 Å². The maximum absolute atomic E-state index is 13.5. The summed E-state index contributed by atoms with van der Waals surface area (Å²) in [5, 5.41) is 2.60. The Balaban J connectivity index is 2.15. The molecule has 0 saturated carbocycles. The molecular weight excluding hydrogens is 283 g/mol. The Morgan fingerprint density at radius 1 is 1.24 bits per heavy atom. The zero-order valence-corrected chi connectivity index (χ0v) is 11.5. The molecule has 0 saturated heterocycles. The number of pyridine rings is 2. The zero-order chi connectivity index (χ0) is 15.4. The number of nitrogens with zero attached hydrogens (tertiary/aromatic N) is 2. The normalized spacial score (nSPS) is 10.8. The average Bonchev–Trinajstić information content (AvgIpc) is 2.42. The van der Waals surface area contributed by atoms with Crippen molar-refractivity contribution in [2.24, 2.45) is 0 Å². The van der Waals surface area contributed by atoms with Crippen LogP contribution in [0.15, 0.2) is 24.4 Å². The van der Waals surface area contributed by atoms with E-state index in [1.807, 2.05) is 13.8 Å². The molecule has 2 aromatic heterocycles. The summed E-state index contributed by atoms with van der Waals surface area (Å²) in [6.45, 7) is 3.82. The van der Waals surface area contributed by atoms with Gasteiger partial charge in [0.2, 0.25) is 5.88 Å². The van der Waals surface area contributed by atoms with Crippen LogP contribution in [-0.4, -0.2) is 16.1 Å². The molecule has 0 atom stereocenters. The molecule has 0 aliphatic carbocycles. The van der Waals surface area contributed by atoms with Crippen molar-refractivity contribution in [3.8, 4) is 5.88 Å². The minimum Gasteiger partial charge on any atom is -0.475 e. The molecule has 0 aromatic carbocycles. The SMILES string of the molecule is CC(C)Oc1ncccc1CNc1nc(F)c(F)cc1F. The fourth-order valence-corrected chi connectivity index (χ4v) is 1.64. The van der Waals surface area contributed by atoms with Crippen LogP contribution in [0.2, 0.25) is 0 Å². The first-order chi connectivity index (χ1) is 9.97. The highest BCUT2D eigenvalue weighted by Gasteiger charge is 2.13. The Labute approximate surface area is 120 Å². The third-order valence-corrected chi connectivity index (χ3v) is 2.53. The van der Waals surface area contributed by atoms with Crippen LogP contribution < -0.4 is 10.1 Å². The second kappa shape index (κ2) is 6.43. The lowest BCUT2D eigenvalue weighted by Gasteiger charge is -2.13. The van der Waals surface area contributed by atoms with Crippen molar-refractivity contribution >= 4 is 5.82 Å². The maximum atomic E-state index is 13.5. The Hall–Kier alpha value is -2.31. The fourth-order valence-electron chi connectivity index (χ4n) is 1.64. The first-order valence-corrected chi connectivity index (χ1v) is 6.33. The number of hydrogen-bond donors (Lipinski definition) is 1. The minimum atomic E-state index is -1.36. The van der Waals surface area contributed by atoms with Crippen molar-refractivity contribution in [2.75, 3.05) is 5.32 Å². The lowest BCUT2D eigenvalue weighted by molar-refractivity contribution is 0.230. The molecular formula is C14H14F3N3O. The van der Waals surface area contributed by atoms with Crippen LogP contribution in [0, 0.1) is 17.6 Å². The first kappa shape index (κ1) is 15.1. The van der Waals surface area contributed by atoms with E-state index in [1.54, 1.807) is 18.3 Å². The van der Waals surface area contributed by atoms with Crippen molar-refractivity contribution in [1.29, 1.82) is 0 Å². The van der Waals surface area contributed by atoms with Crippen molar-refractivity contribution in [1.82, 2.24) is 9.97 Å². The molecule has 112 valence electrons. The largest absolute Gasteiger partial charge is 0.475 e. The third-order valence-electron chi connectivity index (χ3n) is 2.53. The third kappa shape index (κ3) is 3.84. The summed E-state index contributed by atoms with van der Waals surface area (Å²) in [4.78, 5) is 7.26. The summed E-state index contributed by atoms with van der Waals surface area (Å²) < 4.78 is 44.8. The topological polar surface area (TPSA) is 47.0 Å². The number of aromatic nitrogens is 2. The highest BCUT2D eigenvalue weighted by Crippen LogP contribution is 2.19. The molecule has 0 fully saturated rings. The van der Waals surface area contributed by atoms with Crippen LogP contribution in [0.5, 0.6) is 5.88 Å². The monoisotopic (exact) mass is 297 g/mol. The molecule has 21 heavy (non-hydrogen) atoms. The van der Waals surface area contributed by atoms with Gasteiger partial charge in [-0.25, -0.2) is 13.8 Å². The Bertz CT molecular complexity index is 635. The van der Waals surface area contributed by atoms with Gasteiger partial charge in [-0.2, -0.15) is 9.37 Å². The fraction of sp³-hybridized carbons (Fsp3) is 0.286. The van der Waals surface area contributed by atoms with Gasteiger partial charge in [-0.05, 0) is 19.9 Å². The summed E-state index contributed by atoms with van der Waals surface area (Å²) in [6.07, 6.45) is 1.49. The van der Waals surface area contributed by atoms with E-state index in [9.17, 15) is 13.2 Å². The van der Waals surface area contributed by atoms with E-state index in [2.05, 4.69) is 15.3 Å². The lowest BCUT2D eigenvalue weighted by atomic mass is 10.2. The molecule has 0 unspecified atom stereocenters. The second-order valence-corrected chi connectivity index (χ2v) is 4.58. The number of nitrogens with one attached hydrogen (secondary N) is 1. The van der Waals surface area contributed by atoms with Crippen LogP contribution in [0.25, 0.3) is 0 Å². The summed E-state index contributed by atoms with van der Waals surface area (Å²) in [5.74, 6) is -3.63. The molecule has 0 aliphatic rings. The molecule has 0 aliphatic heterocycles. The molecule has 7 heteroatoms. The number of halogens is 3. The van der Waals surface area contributed by atoms with Gasteiger partial charge in [0.15, 0.2) is 17.5 Å². The highest BCUT2D eigenvalue weighted by molar-refractivity contribution is 5.39. The van der Waals surface area contributed by atoms with E-state index in [4.69, 9.17) is 4.74 Å². The zero-order valence-electron chi connectivity index (χ0n) is 11.5. The summed E-state index contributed by atoms with van der Waals surface area (Å²) in [6, 6.07) is 3.87. The molecule has 0 bridgehead atoms. The van der Waals surface area contributed by atoms with Gasteiger partial charge in [-0.1, -0.05) is 6.07 Å². The molecule has 0 radical (unpaired) electrons. The van der Waals surface area contributed by atoms with Crippen LogP contribution in [0.4, 0.5) is 19.0 Å². The molecule has 0 spiro atoms. The van der Waals surface area contributed by atoms with Gasteiger partial charge in [0, 0.05) is 24.4 Å². The number of rotatable bonds is 5. The molecule has 2 heterocycles. The average molecular weight is 297 g/mol. The number of anilines is 1. The molecule has 2 rings (SSSR count). The Kier molecular flexibility index (Phi) is 4.62. The van der Waals surface area contributed by atoms with Gasteiger partial charge < -0.3 is 10.1 Å². The minimum absolute atomic E-state index is 0.0724. The maximum Gasteiger partial charge on any atom is 0.251 e. The quantitative estimate of drug-likeness (QED) is 0.860. The van der Waals surface area contributed by atoms with Gasteiger partial charge in [0.1, 0.15) is 0 Å². The van der Waals surface area contributed by atoms with Crippen molar-refractivity contribution in [3.05, 3.63) is 47.5 Å². The van der Waals surface area contributed by atoms with Gasteiger partial charge >= 0.3 is 0 Å². The highest BCUT2D eigenvalue weighted by atomic mass is 19.2. The van der Waals surface area contributed by atoms with E-state index < -0.39 is 17.6 Å². The van der Waals surface area contributed by atoms with Crippen LogP contribution >= 0.6 is 0 Å². The second-order valence-electron chi connectivity index (χ2n) is 4.58. The number of hydrogen-bond acceptors (Lipinski definition) is 4. The predicted octanol–water partition coefficient (Wildman–Crippen LogP) is 3.29. The standard InChI is InChI=1S/C14H14F3N3O/c1-8(2)21-14-9(4-3-5-18-14)7-19-13-11(16)6-10(15)12(17)20-13/h3-6,8H,7H2,1-2H3,(H,19,20). The molecule has 0 amide bonds. The molecule has 4 nitrogen and oxygen atoms in total. The van der Waals surface area contributed by atoms with Crippen molar-refractivity contribution in [2.45, 2.75) is 26.5 Å². The lowest BCUT2D eigenvalue weighted by Crippen LogP contribution is -2.12. The smallest absolute Gasteiger partial charge is 0.251 e. The van der Waals surface area contributed by atoms with E-state index in [0.29, 0.717) is 17.5 Å². The summed E-state index contributed by atoms with van der Waals surface area (Å²) in [7, 11) is 0. The van der Waals surface area contributed by atoms with Gasteiger partial charge in [-0.15, -0.1) is 0 Å². The van der Waals surface area contributed by atoms with Gasteiger partial charge in [0.25, 0.3) is 5.95 Å². The number of ether oxygens (including phenoxy) is 1. The Morgan fingerprint density at radius 2 is 2.00 bits per heavy atom. The van der Waals surface area contributed by atoms with E-state index in [0.717, 1.165) is 0 Å².